The smallest absolute Gasteiger partial charge is 0.230 e. The van der Waals surface area contributed by atoms with Gasteiger partial charge in [-0.25, -0.2) is 4.98 Å². The van der Waals surface area contributed by atoms with E-state index in [1.165, 1.54) is 11.3 Å². The fourth-order valence-electron chi connectivity index (χ4n) is 3.78. The van der Waals surface area contributed by atoms with Crippen LogP contribution < -0.4 is 14.8 Å². The molecule has 0 saturated carbocycles. The zero-order valence-electron chi connectivity index (χ0n) is 18.1. The number of carbonyl (C=O) groups excluding carboxylic acids is 1. The number of anilines is 1. The summed E-state index contributed by atoms with van der Waals surface area (Å²) in [6.07, 6.45) is 2.21. The van der Waals surface area contributed by atoms with E-state index in [0.29, 0.717) is 11.5 Å². The maximum atomic E-state index is 12.8. The Labute approximate surface area is 201 Å². The molecule has 5 rings (SSSR count). The van der Waals surface area contributed by atoms with E-state index in [1.54, 1.807) is 14.2 Å². The van der Waals surface area contributed by atoms with Gasteiger partial charge in [-0.05, 0) is 29.7 Å². The second kappa shape index (κ2) is 9.52. The topological polar surface area (TPSA) is 64.9 Å². The van der Waals surface area contributed by atoms with E-state index >= 15 is 0 Å². The van der Waals surface area contributed by atoms with Crippen LogP contribution in [-0.4, -0.2) is 29.5 Å². The fourth-order valence-corrected chi connectivity index (χ4v) is 4.66. The predicted molar refractivity (Wildman–Crippen MR) is 135 cm³/mol. The van der Waals surface area contributed by atoms with Gasteiger partial charge in [0.25, 0.3) is 0 Å². The molecule has 0 fully saturated rings. The minimum atomic E-state index is -0.0672. The molecule has 0 aliphatic rings. The first-order valence-electron chi connectivity index (χ1n) is 10.1. The lowest BCUT2D eigenvalue weighted by atomic mass is 10.1. The lowest BCUT2D eigenvalue weighted by Gasteiger charge is -2.09. The number of amides is 1. The summed E-state index contributed by atoms with van der Waals surface area (Å²) in [4.78, 5) is 18.4. The van der Waals surface area contributed by atoms with Crippen LogP contribution in [0.25, 0.3) is 27.0 Å². The molecule has 0 aliphatic carbocycles. The number of nitrogens with zero attached hydrogens (tertiary/aromatic N) is 2. The van der Waals surface area contributed by atoms with Crippen molar-refractivity contribution in [2.24, 2.45) is 0 Å². The molecule has 1 amide bonds. The molecule has 2 heterocycles. The Balaban J connectivity index is 0.00000259. The summed E-state index contributed by atoms with van der Waals surface area (Å²) in [6, 6.07) is 19.6. The van der Waals surface area contributed by atoms with E-state index in [4.69, 9.17) is 14.5 Å². The van der Waals surface area contributed by atoms with Gasteiger partial charge < -0.3 is 14.8 Å². The van der Waals surface area contributed by atoms with Crippen LogP contribution in [0.15, 0.2) is 72.2 Å². The SMILES string of the molecule is COc1ccc(-c2cn3c(CC(=O)Nc4cccc5ccccc45)csc3n2)cc1OC.Cl. The molecular weight excluding hydrogens is 458 g/mol. The van der Waals surface area contributed by atoms with Crippen LogP contribution in [0.5, 0.6) is 11.5 Å². The standard InChI is InChI=1S/C25H21N3O3S.ClH/c1-30-22-11-10-17(12-23(22)31-2)21-14-28-18(15-32-25(28)27-21)13-24(29)26-20-9-5-7-16-6-3-4-8-19(16)20;/h3-12,14-15H,13H2,1-2H3,(H,26,29);1H. The van der Waals surface area contributed by atoms with Crippen molar-refractivity contribution in [2.45, 2.75) is 6.42 Å². The Hall–Kier alpha value is -3.55. The number of hydrogen-bond donors (Lipinski definition) is 1. The number of benzene rings is 3. The summed E-state index contributed by atoms with van der Waals surface area (Å²) < 4.78 is 12.7. The Bertz CT molecular complexity index is 1440. The molecular formula is C25H22ClN3O3S. The van der Waals surface area contributed by atoms with Crippen LogP contribution in [0.3, 0.4) is 0 Å². The molecule has 0 unspecified atom stereocenters. The summed E-state index contributed by atoms with van der Waals surface area (Å²) in [6.45, 7) is 0. The Morgan fingerprint density at radius 1 is 1.03 bits per heavy atom. The summed E-state index contributed by atoms with van der Waals surface area (Å²) in [5, 5.41) is 7.15. The van der Waals surface area contributed by atoms with E-state index in [0.717, 1.165) is 38.4 Å². The molecule has 1 N–H and O–H groups in total. The number of halogens is 1. The number of aromatic nitrogens is 2. The minimum absolute atomic E-state index is 0. The normalized spacial score (nSPS) is 10.7. The molecule has 0 atom stereocenters. The van der Waals surface area contributed by atoms with Gasteiger partial charge in [0, 0.05) is 33.9 Å². The lowest BCUT2D eigenvalue weighted by Crippen LogP contribution is -2.15. The molecule has 6 nitrogen and oxygen atoms in total. The number of ether oxygens (including phenoxy) is 2. The fraction of sp³-hybridized carbons (Fsp3) is 0.120. The van der Waals surface area contributed by atoms with Crippen molar-refractivity contribution in [1.82, 2.24) is 9.38 Å². The van der Waals surface area contributed by atoms with Gasteiger partial charge in [0.2, 0.25) is 5.91 Å². The van der Waals surface area contributed by atoms with Gasteiger partial charge in [0.15, 0.2) is 16.5 Å². The van der Waals surface area contributed by atoms with Gasteiger partial charge in [0.1, 0.15) is 0 Å². The third kappa shape index (κ3) is 4.37. The average Bonchev–Trinajstić information content (AvgIpc) is 3.41. The number of thiazole rings is 1. The van der Waals surface area contributed by atoms with Crippen LogP contribution in [0, 0.1) is 0 Å². The molecule has 3 aromatic carbocycles. The second-order valence-electron chi connectivity index (χ2n) is 7.33. The van der Waals surface area contributed by atoms with Crippen molar-refractivity contribution in [1.29, 1.82) is 0 Å². The first-order valence-corrected chi connectivity index (χ1v) is 11.0. The van der Waals surface area contributed by atoms with Crippen molar-refractivity contribution < 1.29 is 14.3 Å². The van der Waals surface area contributed by atoms with Gasteiger partial charge in [-0.3, -0.25) is 9.20 Å². The molecule has 0 saturated heterocycles. The van der Waals surface area contributed by atoms with E-state index in [1.807, 2.05) is 76.6 Å². The second-order valence-corrected chi connectivity index (χ2v) is 8.16. The molecule has 8 heteroatoms. The van der Waals surface area contributed by atoms with E-state index in [-0.39, 0.29) is 24.7 Å². The van der Waals surface area contributed by atoms with Gasteiger partial charge in [-0.15, -0.1) is 23.7 Å². The van der Waals surface area contributed by atoms with Crippen molar-refractivity contribution in [3.05, 3.63) is 77.9 Å². The zero-order chi connectivity index (χ0) is 22.1. The number of nitrogens with one attached hydrogen (secondary N) is 1. The Morgan fingerprint density at radius 2 is 1.82 bits per heavy atom. The third-order valence-electron chi connectivity index (χ3n) is 5.37. The highest BCUT2D eigenvalue weighted by Crippen LogP contribution is 2.33. The van der Waals surface area contributed by atoms with Crippen LogP contribution in [0.1, 0.15) is 5.69 Å². The quantitative estimate of drug-likeness (QED) is 0.332. The number of imidazole rings is 1. The number of carbonyl (C=O) groups is 1. The van der Waals surface area contributed by atoms with E-state index in [2.05, 4.69) is 5.32 Å². The molecule has 0 spiro atoms. The first kappa shape index (κ1) is 22.6. The van der Waals surface area contributed by atoms with Crippen LogP contribution in [0.2, 0.25) is 0 Å². The summed E-state index contributed by atoms with van der Waals surface area (Å²) >= 11 is 1.51. The number of rotatable bonds is 6. The van der Waals surface area contributed by atoms with Crippen LogP contribution >= 0.6 is 23.7 Å². The summed E-state index contributed by atoms with van der Waals surface area (Å²) in [5.41, 5.74) is 3.44. The largest absolute Gasteiger partial charge is 0.493 e. The van der Waals surface area contributed by atoms with Gasteiger partial charge in [-0.1, -0.05) is 36.4 Å². The third-order valence-corrected chi connectivity index (χ3v) is 6.26. The van der Waals surface area contributed by atoms with Crippen molar-refractivity contribution in [3.8, 4) is 22.8 Å². The molecule has 0 bridgehead atoms. The minimum Gasteiger partial charge on any atom is -0.493 e. The van der Waals surface area contributed by atoms with Crippen LogP contribution in [0.4, 0.5) is 5.69 Å². The van der Waals surface area contributed by atoms with Crippen LogP contribution in [-0.2, 0) is 11.2 Å². The lowest BCUT2D eigenvalue weighted by molar-refractivity contribution is -0.115. The predicted octanol–water partition coefficient (Wildman–Crippen LogP) is 5.84. The van der Waals surface area contributed by atoms with Crippen molar-refractivity contribution in [2.75, 3.05) is 19.5 Å². The van der Waals surface area contributed by atoms with E-state index in [9.17, 15) is 4.79 Å². The number of methoxy groups -OCH3 is 2. The maximum Gasteiger partial charge on any atom is 0.230 e. The van der Waals surface area contributed by atoms with Crippen molar-refractivity contribution >= 4 is 51.1 Å². The zero-order valence-corrected chi connectivity index (χ0v) is 19.7. The molecule has 0 radical (unpaired) electrons. The number of hydrogen-bond acceptors (Lipinski definition) is 5. The first-order chi connectivity index (χ1) is 15.7. The average molecular weight is 480 g/mol. The van der Waals surface area contributed by atoms with Gasteiger partial charge in [0.05, 0.1) is 26.3 Å². The van der Waals surface area contributed by atoms with Gasteiger partial charge >= 0.3 is 0 Å². The molecule has 2 aromatic heterocycles. The highest BCUT2D eigenvalue weighted by molar-refractivity contribution is 7.15. The highest BCUT2D eigenvalue weighted by atomic mass is 35.5. The molecule has 0 aliphatic heterocycles. The van der Waals surface area contributed by atoms with Crippen molar-refractivity contribution in [3.63, 3.8) is 0 Å². The Morgan fingerprint density at radius 3 is 2.64 bits per heavy atom. The van der Waals surface area contributed by atoms with Gasteiger partial charge in [-0.2, -0.15) is 0 Å². The summed E-state index contributed by atoms with van der Waals surface area (Å²) in [5.74, 6) is 1.25. The molecule has 5 aromatic rings. The maximum absolute atomic E-state index is 12.8. The highest BCUT2D eigenvalue weighted by Gasteiger charge is 2.15. The number of fused-ring (bicyclic) bond motifs is 2. The van der Waals surface area contributed by atoms with E-state index < -0.39 is 0 Å². The molecule has 33 heavy (non-hydrogen) atoms. The molecule has 168 valence electrons. The Kier molecular flexibility index (Phi) is 6.53. The summed E-state index contributed by atoms with van der Waals surface area (Å²) in [7, 11) is 3.22. The monoisotopic (exact) mass is 479 g/mol.